The molecule has 0 aliphatic rings. The van der Waals surface area contributed by atoms with Crippen LogP contribution in [-0.4, -0.2) is 0 Å². The van der Waals surface area contributed by atoms with E-state index in [1.165, 1.54) is 0 Å². The third kappa shape index (κ3) is 4.11. The second-order valence-corrected chi connectivity index (χ2v) is 0.962. The normalized spacial score (nSPS) is 6.57. The second kappa shape index (κ2) is 6.26. The summed E-state index contributed by atoms with van der Waals surface area (Å²) >= 11 is 1.82. The van der Waals surface area contributed by atoms with Gasteiger partial charge in [0.2, 0.25) is 0 Å². The van der Waals surface area contributed by atoms with Crippen molar-refractivity contribution in [3.05, 3.63) is 30.3 Å². The van der Waals surface area contributed by atoms with Gasteiger partial charge >= 0.3 is 27.0 Å². The standard InChI is InChI=1S/C5H5.ClH.Ru/c1-2-4-5-3-1;;/h1-5H;1H;/q-1;;+2/p-1. The van der Waals surface area contributed by atoms with Gasteiger partial charge in [-0.2, -0.15) is 18.2 Å². The van der Waals surface area contributed by atoms with E-state index < -0.39 is 0 Å². The fraction of sp³-hybridized carbons (Fsp3) is 0. The van der Waals surface area contributed by atoms with Crippen molar-refractivity contribution in [3.63, 3.8) is 0 Å². The Kier molecular flexibility index (Phi) is 6.50. The minimum atomic E-state index is 1.82. The monoisotopic (exact) mass is 202 g/mol. The van der Waals surface area contributed by atoms with Crippen molar-refractivity contribution in [3.8, 4) is 0 Å². The van der Waals surface area contributed by atoms with Gasteiger partial charge in [0.15, 0.2) is 0 Å². The van der Waals surface area contributed by atoms with Crippen LogP contribution in [0.4, 0.5) is 0 Å². The van der Waals surface area contributed by atoms with Crippen LogP contribution in [0.15, 0.2) is 30.3 Å². The predicted octanol–water partition coefficient (Wildman–Crippen LogP) is 2.09. The van der Waals surface area contributed by atoms with Gasteiger partial charge in [-0.1, -0.05) is 0 Å². The van der Waals surface area contributed by atoms with Crippen LogP contribution in [0, 0.1) is 0 Å². The first-order valence-electron chi connectivity index (χ1n) is 1.80. The molecule has 0 fully saturated rings. The number of rotatable bonds is 0. The molecule has 40 valence electrons. The summed E-state index contributed by atoms with van der Waals surface area (Å²) in [4.78, 5) is 0. The number of hydrogen-bond acceptors (Lipinski definition) is 0. The maximum Gasteiger partial charge on any atom is -0.172 e. The molecule has 1 rings (SSSR count). The zero-order valence-corrected chi connectivity index (χ0v) is 6.11. The van der Waals surface area contributed by atoms with Crippen LogP contribution < -0.4 is 0 Å². The molecule has 0 aliphatic heterocycles. The molecule has 7 heavy (non-hydrogen) atoms. The molecule has 0 unspecified atom stereocenters. The molecule has 0 aliphatic carbocycles. The van der Waals surface area contributed by atoms with Gasteiger partial charge in [0.1, 0.15) is 0 Å². The van der Waals surface area contributed by atoms with Gasteiger partial charge in [-0.3, -0.25) is 0 Å². The van der Waals surface area contributed by atoms with E-state index in [1.54, 1.807) is 0 Å². The molecule has 0 aromatic heterocycles. The number of halogens is 1. The van der Waals surface area contributed by atoms with Gasteiger partial charge in [-0.25, -0.2) is 12.1 Å². The zero-order valence-electron chi connectivity index (χ0n) is 3.62. The summed E-state index contributed by atoms with van der Waals surface area (Å²) in [6.45, 7) is 0. The number of hydrogen-bond donors (Lipinski definition) is 0. The van der Waals surface area contributed by atoms with Crippen molar-refractivity contribution in [2.75, 3.05) is 0 Å². The van der Waals surface area contributed by atoms with E-state index in [9.17, 15) is 0 Å². The quantitative estimate of drug-likeness (QED) is 0.446. The van der Waals surface area contributed by atoms with E-state index in [-0.39, 0.29) is 0 Å². The molecule has 0 saturated carbocycles. The summed E-state index contributed by atoms with van der Waals surface area (Å²) < 4.78 is 0. The summed E-state index contributed by atoms with van der Waals surface area (Å²) in [6, 6.07) is 10.0. The molecule has 0 atom stereocenters. The Morgan fingerprint density at radius 1 is 1.14 bits per heavy atom. The molecule has 0 radical (unpaired) electrons. The molecule has 0 nitrogen and oxygen atoms in total. The SMILES string of the molecule is [Cl][Ru+].c1cc[cH-]c1. The van der Waals surface area contributed by atoms with Crippen molar-refractivity contribution in [1.82, 2.24) is 0 Å². The molecule has 1 aromatic rings. The topological polar surface area (TPSA) is 0 Å². The molecule has 1 aromatic carbocycles. The zero-order chi connectivity index (χ0) is 5.54. The summed E-state index contributed by atoms with van der Waals surface area (Å²) in [7, 11) is 4.57. The maximum atomic E-state index is 4.57. The molecule has 0 bridgehead atoms. The van der Waals surface area contributed by atoms with Gasteiger partial charge in [0.05, 0.1) is 0 Å². The van der Waals surface area contributed by atoms with E-state index in [4.69, 9.17) is 0 Å². The molecule has 2 heteroatoms. The average molecular weight is 202 g/mol. The summed E-state index contributed by atoms with van der Waals surface area (Å²) in [5, 5.41) is 0. The van der Waals surface area contributed by atoms with Crippen LogP contribution in [0.5, 0.6) is 0 Å². The third-order valence-electron chi connectivity index (χ3n) is 0.556. The Bertz CT molecular complexity index is 64.6. The molecule has 0 amide bonds. The largest absolute Gasteiger partial charge is 0.214 e. The van der Waals surface area contributed by atoms with Crippen LogP contribution in [-0.2, 0) is 17.3 Å². The Balaban J connectivity index is 0.000000162. The van der Waals surface area contributed by atoms with Crippen LogP contribution >= 0.6 is 9.69 Å². The van der Waals surface area contributed by atoms with Gasteiger partial charge < -0.3 is 0 Å². The van der Waals surface area contributed by atoms with Gasteiger partial charge in [-0.05, 0) is 0 Å². The first kappa shape index (κ1) is 7.26. The Labute approximate surface area is 57.6 Å². The molecular formula is C5H5ClRu. The van der Waals surface area contributed by atoms with Crippen molar-refractivity contribution >= 4 is 9.69 Å². The van der Waals surface area contributed by atoms with Gasteiger partial charge in [-0.15, -0.1) is 0 Å². The van der Waals surface area contributed by atoms with E-state index in [2.05, 4.69) is 9.69 Å². The smallest absolute Gasteiger partial charge is 0.172 e. The fourth-order valence-corrected chi connectivity index (χ4v) is 0.321. The van der Waals surface area contributed by atoms with E-state index >= 15 is 0 Å². The molecule has 0 heterocycles. The van der Waals surface area contributed by atoms with Gasteiger partial charge in [0, 0.05) is 0 Å². The first-order valence-corrected chi connectivity index (χ1v) is 4.04. The Morgan fingerprint density at radius 2 is 1.57 bits per heavy atom. The van der Waals surface area contributed by atoms with Crippen molar-refractivity contribution < 1.29 is 17.3 Å². The maximum absolute atomic E-state index is 4.57. The average Bonchev–Trinajstić information content (AvgIpc) is 2.23. The third-order valence-corrected chi connectivity index (χ3v) is 0.556. The van der Waals surface area contributed by atoms with Crippen molar-refractivity contribution in [2.45, 2.75) is 0 Å². The first-order chi connectivity index (χ1) is 3.50. The van der Waals surface area contributed by atoms with Crippen molar-refractivity contribution in [1.29, 1.82) is 0 Å². The van der Waals surface area contributed by atoms with Crippen LogP contribution in [0.25, 0.3) is 0 Å². The minimum Gasteiger partial charge on any atom is -0.214 e. The van der Waals surface area contributed by atoms with E-state index in [0.717, 1.165) is 0 Å². The summed E-state index contributed by atoms with van der Waals surface area (Å²) in [5.41, 5.74) is 0. The fourth-order valence-electron chi connectivity index (χ4n) is 0.321. The molecule has 0 N–H and O–H groups in total. The molecule has 0 saturated heterocycles. The molecule has 0 spiro atoms. The molecular weight excluding hydrogens is 197 g/mol. The van der Waals surface area contributed by atoms with Crippen LogP contribution in [0.3, 0.4) is 0 Å². The van der Waals surface area contributed by atoms with Crippen molar-refractivity contribution in [2.24, 2.45) is 0 Å². The summed E-state index contributed by atoms with van der Waals surface area (Å²) in [6.07, 6.45) is 0. The summed E-state index contributed by atoms with van der Waals surface area (Å²) in [5.74, 6) is 0. The second-order valence-electron chi connectivity index (χ2n) is 0.962. The Morgan fingerprint density at radius 3 is 1.71 bits per heavy atom. The van der Waals surface area contributed by atoms with Crippen LogP contribution in [0.2, 0.25) is 0 Å². The van der Waals surface area contributed by atoms with Gasteiger partial charge in [0.25, 0.3) is 0 Å². The Hall–Kier alpha value is 0.263. The minimum absolute atomic E-state index is 1.82. The van der Waals surface area contributed by atoms with E-state index in [0.29, 0.717) is 0 Å². The predicted molar refractivity (Wildman–Crippen MR) is 27.9 cm³/mol. The van der Waals surface area contributed by atoms with E-state index in [1.807, 2.05) is 47.6 Å². The van der Waals surface area contributed by atoms with Crippen LogP contribution in [0.1, 0.15) is 0 Å².